The molecular weight excluding hydrogens is 248 g/mol. The molecule has 20 heavy (non-hydrogen) atoms. The Morgan fingerprint density at radius 1 is 1.20 bits per heavy atom. The standard InChI is InChI=1S/C13H16N2.C3H4N2/c1-11(2)13-10-15(9-8-14-13)12-6-4-3-5-7-12;1-2-5-3-4-1/h3-9,11H,10H2,1-2H3;1-3H,(H,4,5). The summed E-state index contributed by atoms with van der Waals surface area (Å²) in [6.07, 6.45) is 8.99. The van der Waals surface area contributed by atoms with Gasteiger partial charge < -0.3 is 9.88 Å². The molecule has 0 saturated heterocycles. The zero-order valence-electron chi connectivity index (χ0n) is 11.9. The van der Waals surface area contributed by atoms with Crippen LogP contribution in [0.15, 0.2) is 66.4 Å². The number of nitrogens with one attached hydrogen (secondary N) is 1. The number of nitrogens with zero attached hydrogens (tertiary/aromatic N) is 3. The van der Waals surface area contributed by atoms with Gasteiger partial charge in [-0.25, -0.2) is 4.98 Å². The largest absolute Gasteiger partial charge is 0.351 e. The minimum atomic E-state index is 0.515. The van der Waals surface area contributed by atoms with E-state index in [9.17, 15) is 0 Å². The van der Waals surface area contributed by atoms with E-state index in [0.717, 1.165) is 6.54 Å². The second-order valence-corrected chi connectivity index (χ2v) is 4.80. The van der Waals surface area contributed by atoms with Crippen LogP contribution in [0.4, 0.5) is 5.69 Å². The average molecular weight is 268 g/mol. The quantitative estimate of drug-likeness (QED) is 0.906. The summed E-state index contributed by atoms with van der Waals surface area (Å²) in [7, 11) is 0. The fraction of sp³-hybridized carbons (Fsp3) is 0.250. The summed E-state index contributed by atoms with van der Waals surface area (Å²) in [5.41, 5.74) is 2.46. The van der Waals surface area contributed by atoms with Crippen LogP contribution in [0.1, 0.15) is 13.8 Å². The highest BCUT2D eigenvalue weighted by atomic mass is 15.1. The molecule has 4 nitrogen and oxygen atoms in total. The number of para-hydroxylation sites is 1. The van der Waals surface area contributed by atoms with Crippen LogP contribution in [0.3, 0.4) is 0 Å². The van der Waals surface area contributed by atoms with Crippen LogP contribution in [0.2, 0.25) is 0 Å². The number of benzene rings is 1. The third-order valence-corrected chi connectivity index (χ3v) is 2.98. The molecular formula is C16H20N4. The first kappa shape index (κ1) is 14.1. The molecule has 4 heteroatoms. The Balaban J connectivity index is 0.000000247. The third kappa shape index (κ3) is 4.09. The minimum absolute atomic E-state index is 0.515. The molecule has 1 aromatic carbocycles. The first-order valence-electron chi connectivity index (χ1n) is 6.75. The van der Waals surface area contributed by atoms with Gasteiger partial charge >= 0.3 is 0 Å². The lowest BCUT2D eigenvalue weighted by molar-refractivity contribution is 0.850. The fourth-order valence-electron chi connectivity index (χ4n) is 1.82. The van der Waals surface area contributed by atoms with E-state index in [0.29, 0.717) is 5.92 Å². The van der Waals surface area contributed by atoms with Gasteiger partial charge in [0.05, 0.1) is 12.9 Å². The monoisotopic (exact) mass is 268 g/mol. The van der Waals surface area contributed by atoms with Gasteiger partial charge in [0.15, 0.2) is 0 Å². The molecule has 2 heterocycles. The van der Waals surface area contributed by atoms with Crippen molar-refractivity contribution in [2.24, 2.45) is 10.9 Å². The van der Waals surface area contributed by atoms with E-state index < -0.39 is 0 Å². The second-order valence-electron chi connectivity index (χ2n) is 4.80. The van der Waals surface area contributed by atoms with E-state index in [2.05, 4.69) is 58.0 Å². The SMILES string of the molecule is CC(C)C1=NC=CN(c2ccccc2)C1.c1c[nH]cn1. The maximum atomic E-state index is 4.40. The molecule has 1 aliphatic heterocycles. The molecule has 0 bridgehead atoms. The van der Waals surface area contributed by atoms with Gasteiger partial charge in [-0.1, -0.05) is 32.0 Å². The highest BCUT2D eigenvalue weighted by molar-refractivity contribution is 5.92. The van der Waals surface area contributed by atoms with Crippen LogP contribution in [0.25, 0.3) is 0 Å². The van der Waals surface area contributed by atoms with Crippen molar-refractivity contribution >= 4 is 11.4 Å². The van der Waals surface area contributed by atoms with Crippen molar-refractivity contribution in [1.82, 2.24) is 9.97 Å². The van der Waals surface area contributed by atoms with E-state index in [1.165, 1.54) is 11.4 Å². The average Bonchev–Trinajstić information content (AvgIpc) is 3.08. The number of anilines is 1. The normalized spacial score (nSPS) is 13.8. The van der Waals surface area contributed by atoms with Crippen LogP contribution in [-0.2, 0) is 0 Å². The molecule has 0 radical (unpaired) electrons. The minimum Gasteiger partial charge on any atom is -0.351 e. The van der Waals surface area contributed by atoms with Crippen LogP contribution in [0, 0.1) is 5.92 Å². The van der Waals surface area contributed by atoms with Gasteiger partial charge in [0.25, 0.3) is 0 Å². The summed E-state index contributed by atoms with van der Waals surface area (Å²) in [5, 5.41) is 0. The van der Waals surface area contributed by atoms with Crippen molar-refractivity contribution in [2.75, 3.05) is 11.4 Å². The fourth-order valence-corrected chi connectivity index (χ4v) is 1.82. The molecule has 1 aliphatic rings. The molecule has 0 saturated carbocycles. The molecule has 0 amide bonds. The predicted octanol–water partition coefficient (Wildman–Crippen LogP) is 3.48. The number of hydrogen-bond acceptors (Lipinski definition) is 3. The van der Waals surface area contributed by atoms with Crippen LogP contribution in [0.5, 0.6) is 0 Å². The zero-order chi connectivity index (χ0) is 14.2. The van der Waals surface area contributed by atoms with Gasteiger partial charge in [-0.15, -0.1) is 0 Å². The molecule has 3 rings (SSSR count). The van der Waals surface area contributed by atoms with Crippen LogP contribution in [-0.4, -0.2) is 22.2 Å². The highest BCUT2D eigenvalue weighted by Gasteiger charge is 2.12. The number of aliphatic imine (C=N–C) groups is 1. The summed E-state index contributed by atoms with van der Waals surface area (Å²) in [6, 6.07) is 10.4. The summed E-state index contributed by atoms with van der Waals surface area (Å²) >= 11 is 0. The number of rotatable bonds is 2. The van der Waals surface area contributed by atoms with Gasteiger partial charge in [-0.3, -0.25) is 4.99 Å². The molecule has 0 aliphatic carbocycles. The maximum absolute atomic E-state index is 4.40. The summed E-state index contributed by atoms with van der Waals surface area (Å²) < 4.78 is 0. The first-order chi connectivity index (χ1) is 9.77. The molecule has 1 N–H and O–H groups in total. The molecule has 0 atom stereocenters. The molecule has 104 valence electrons. The molecule has 0 fully saturated rings. The Labute approximate surface area is 119 Å². The predicted molar refractivity (Wildman–Crippen MR) is 83.8 cm³/mol. The molecule has 0 spiro atoms. The Morgan fingerprint density at radius 2 is 2.00 bits per heavy atom. The summed E-state index contributed by atoms with van der Waals surface area (Å²) in [6.45, 7) is 5.26. The van der Waals surface area contributed by atoms with E-state index in [1.807, 2.05) is 18.5 Å². The van der Waals surface area contributed by atoms with Gasteiger partial charge in [0.1, 0.15) is 0 Å². The Morgan fingerprint density at radius 3 is 2.55 bits per heavy atom. The molecule has 0 unspecified atom stereocenters. The van der Waals surface area contributed by atoms with E-state index in [4.69, 9.17) is 0 Å². The van der Waals surface area contributed by atoms with Crippen molar-refractivity contribution < 1.29 is 0 Å². The Bertz CT molecular complexity index is 524. The maximum Gasteiger partial charge on any atom is 0.0919 e. The van der Waals surface area contributed by atoms with Gasteiger partial charge in [-0.2, -0.15) is 0 Å². The lowest BCUT2D eigenvalue weighted by atomic mass is 10.1. The first-order valence-corrected chi connectivity index (χ1v) is 6.75. The Kier molecular flexibility index (Phi) is 5.12. The van der Waals surface area contributed by atoms with E-state index in [-0.39, 0.29) is 0 Å². The number of imidazole rings is 1. The van der Waals surface area contributed by atoms with Crippen molar-refractivity contribution in [3.63, 3.8) is 0 Å². The number of hydrogen-bond donors (Lipinski definition) is 1. The molecule has 1 aromatic heterocycles. The lowest BCUT2D eigenvalue weighted by Crippen LogP contribution is -2.29. The van der Waals surface area contributed by atoms with E-state index >= 15 is 0 Å². The van der Waals surface area contributed by atoms with Gasteiger partial charge in [0, 0.05) is 36.2 Å². The van der Waals surface area contributed by atoms with Crippen LogP contribution < -0.4 is 4.90 Å². The van der Waals surface area contributed by atoms with Gasteiger partial charge in [0.2, 0.25) is 0 Å². The lowest BCUT2D eigenvalue weighted by Gasteiger charge is -2.25. The Hall–Kier alpha value is -2.36. The number of H-pyrrole nitrogens is 1. The smallest absolute Gasteiger partial charge is 0.0919 e. The van der Waals surface area contributed by atoms with Crippen molar-refractivity contribution in [2.45, 2.75) is 13.8 Å². The third-order valence-electron chi connectivity index (χ3n) is 2.98. The van der Waals surface area contributed by atoms with Gasteiger partial charge in [-0.05, 0) is 18.1 Å². The topological polar surface area (TPSA) is 44.3 Å². The second kappa shape index (κ2) is 7.28. The van der Waals surface area contributed by atoms with Crippen molar-refractivity contribution in [1.29, 1.82) is 0 Å². The van der Waals surface area contributed by atoms with Crippen LogP contribution >= 0.6 is 0 Å². The summed E-state index contributed by atoms with van der Waals surface area (Å²) in [4.78, 5) is 13.0. The highest BCUT2D eigenvalue weighted by Crippen LogP contribution is 2.17. The molecule has 2 aromatic rings. The zero-order valence-corrected chi connectivity index (χ0v) is 11.9. The van der Waals surface area contributed by atoms with E-state index in [1.54, 1.807) is 18.7 Å². The van der Waals surface area contributed by atoms with Crippen molar-refractivity contribution in [3.05, 3.63) is 61.5 Å². The van der Waals surface area contributed by atoms with Crippen molar-refractivity contribution in [3.8, 4) is 0 Å². The summed E-state index contributed by atoms with van der Waals surface area (Å²) in [5.74, 6) is 0.515. The number of aromatic amines is 1. The number of aromatic nitrogens is 2.